The molecule has 1 fully saturated rings. The first-order chi connectivity index (χ1) is 10.2. The molecule has 3 rings (SSSR count). The molecule has 1 aliphatic carbocycles. The Balaban J connectivity index is 1.65. The van der Waals surface area contributed by atoms with Gasteiger partial charge in [-0.3, -0.25) is 0 Å². The maximum atomic E-state index is 9.79. The number of phenols is 2. The normalized spacial score (nSPS) is 16.2. The predicted molar refractivity (Wildman–Crippen MR) is 81.2 cm³/mol. The fourth-order valence-corrected chi connectivity index (χ4v) is 3.72. The van der Waals surface area contributed by atoms with Crippen LogP contribution in [0.15, 0.2) is 22.7 Å². The number of aromatic hydroxyl groups is 2. The first kappa shape index (κ1) is 14.3. The minimum absolute atomic E-state index is 0.00356. The highest BCUT2D eigenvalue weighted by Gasteiger charge is 2.17. The lowest BCUT2D eigenvalue weighted by Gasteiger charge is -2.19. The van der Waals surface area contributed by atoms with Crippen LogP contribution in [-0.2, 0) is 5.75 Å². The van der Waals surface area contributed by atoms with Gasteiger partial charge in [0, 0.05) is 11.3 Å². The molecule has 5 nitrogen and oxygen atoms in total. The second-order valence-corrected chi connectivity index (χ2v) is 6.58. The molecule has 1 saturated carbocycles. The van der Waals surface area contributed by atoms with Gasteiger partial charge in [0.1, 0.15) is 11.5 Å². The van der Waals surface area contributed by atoms with Crippen LogP contribution in [0.4, 0.5) is 0 Å². The molecular formula is C15H18N2O3S. The zero-order valence-electron chi connectivity index (χ0n) is 11.7. The van der Waals surface area contributed by atoms with Crippen molar-refractivity contribution in [3.05, 3.63) is 24.0 Å². The summed E-state index contributed by atoms with van der Waals surface area (Å²) in [5.74, 6) is 1.60. The van der Waals surface area contributed by atoms with Gasteiger partial charge < -0.3 is 14.7 Å². The third kappa shape index (κ3) is 3.50. The van der Waals surface area contributed by atoms with Crippen molar-refractivity contribution >= 4 is 11.8 Å². The van der Waals surface area contributed by atoms with Crippen LogP contribution >= 0.6 is 11.8 Å². The molecule has 0 unspecified atom stereocenters. The van der Waals surface area contributed by atoms with E-state index in [4.69, 9.17) is 4.52 Å². The highest BCUT2D eigenvalue weighted by atomic mass is 32.2. The Morgan fingerprint density at radius 3 is 2.76 bits per heavy atom. The molecule has 0 radical (unpaired) electrons. The molecule has 21 heavy (non-hydrogen) atoms. The molecule has 0 amide bonds. The highest BCUT2D eigenvalue weighted by molar-refractivity contribution is 7.99. The Kier molecular flexibility index (Phi) is 4.34. The molecule has 0 spiro atoms. The summed E-state index contributed by atoms with van der Waals surface area (Å²) < 4.78 is 5.20. The molecule has 1 aliphatic rings. The summed E-state index contributed by atoms with van der Waals surface area (Å²) in [5.41, 5.74) is 0.439. The van der Waals surface area contributed by atoms with E-state index in [-0.39, 0.29) is 17.4 Å². The summed E-state index contributed by atoms with van der Waals surface area (Å²) in [6.07, 6.45) is 6.53. The Morgan fingerprint density at radius 1 is 1.19 bits per heavy atom. The smallest absolute Gasteiger partial charge is 0.261 e. The maximum Gasteiger partial charge on any atom is 0.261 e. The molecule has 0 atom stereocenters. The summed E-state index contributed by atoms with van der Waals surface area (Å²) in [5, 5.41) is 23.7. The van der Waals surface area contributed by atoms with Crippen LogP contribution in [0.25, 0.3) is 11.5 Å². The Bertz CT molecular complexity index is 609. The number of hydrogen-bond acceptors (Lipinski definition) is 6. The van der Waals surface area contributed by atoms with Crippen LogP contribution in [0.5, 0.6) is 11.5 Å². The molecule has 112 valence electrons. The zero-order valence-corrected chi connectivity index (χ0v) is 12.5. The van der Waals surface area contributed by atoms with Gasteiger partial charge in [0.2, 0.25) is 0 Å². The standard InChI is InChI=1S/C15H18N2O3S/c18-10-6-7-12(13(19)8-10)15-16-14(17-20-15)9-21-11-4-2-1-3-5-11/h6-8,11,18-19H,1-5,9H2. The quantitative estimate of drug-likeness (QED) is 0.896. The van der Waals surface area contributed by atoms with Gasteiger partial charge in [0.05, 0.1) is 11.3 Å². The molecule has 1 aromatic heterocycles. The molecular weight excluding hydrogens is 288 g/mol. The summed E-state index contributed by atoms with van der Waals surface area (Å²) in [6, 6.07) is 4.31. The first-order valence-electron chi connectivity index (χ1n) is 7.19. The number of benzene rings is 1. The number of nitrogens with zero attached hydrogens (tertiary/aromatic N) is 2. The van der Waals surface area contributed by atoms with Gasteiger partial charge in [-0.25, -0.2) is 0 Å². The summed E-state index contributed by atoms with van der Waals surface area (Å²) in [6.45, 7) is 0. The zero-order chi connectivity index (χ0) is 14.7. The van der Waals surface area contributed by atoms with Gasteiger partial charge >= 0.3 is 0 Å². The number of thioether (sulfide) groups is 1. The van der Waals surface area contributed by atoms with E-state index in [1.54, 1.807) is 6.07 Å². The SMILES string of the molecule is Oc1ccc(-c2nc(CSC3CCCCC3)no2)c(O)c1. The molecule has 0 saturated heterocycles. The first-order valence-corrected chi connectivity index (χ1v) is 8.24. The molecule has 0 aliphatic heterocycles. The number of aromatic nitrogens is 2. The summed E-state index contributed by atoms with van der Waals surface area (Å²) in [4.78, 5) is 4.32. The van der Waals surface area contributed by atoms with E-state index in [9.17, 15) is 10.2 Å². The monoisotopic (exact) mass is 306 g/mol. The van der Waals surface area contributed by atoms with E-state index in [2.05, 4.69) is 10.1 Å². The van der Waals surface area contributed by atoms with Gasteiger partial charge in [-0.15, -0.1) is 0 Å². The van der Waals surface area contributed by atoms with E-state index in [1.165, 1.54) is 44.2 Å². The Hall–Kier alpha value is -1.69. The second kappa shape index (κ2) is 6.39. The van der Waals surface area contributed by atoms with Gasteiger partial charge in [0.15, 0.2) is 5.82 Å². The molecule has 1 aromatic carbocycles. The molecule has 0 bridgehead atoms. The van der Waals surface area contributed by atoms with Crippen molar-refractivity contribution in [2.75, 3.05) is 0 Å². The molecule has 1 heterocycles. The number of phenolic OH excluding ortho intramolecular Hbond substituents is 2. The highest BCUT2D eigenvalue weighted by Crippen LogP contribution is 2.33. The molecule has 2 aromatic rings. The fourth-order valence-electron chi connectivity index (χ4n) is 2.55. The maximum absolute atomic E-state index is 9.79. The van der Waals surface area contributed by atoms with Gasteiger partial charge in [-0.2, -0.15) is 16.7 Å². The van der Waals surface area contributed by atoms with Crippen LogP contribution < -0.4 is 0 Å². The van der Waals surface area contributed by atoms with Crippen molar-refractivity contribution in [3.8, 4) is 23.0 Å². The number of rotatable bonds is 4. The largest absolute Gasteiger partial charge is 0.508 e. The van der Waals surface area contributed by atoms with Gasteiger partial charge in [0.25, 0.3) is 5.89 Å². The topological polar surface area (TPSA) is 79.4 Å². The lowest BCUT2D eigenvalue weighted by atomic mass is 10.0. The lowest BCUT2D eigenvalue weighted by molar-refractivity contribution is 0.417. The fraction of sp³-hybridized carbons (Fsp3) is 0.467. The van der Waals surface area contributed by atoms with Crippen molar-refractivity contribution in [2.24, 2.45) is 0 Å². The van der Waals surface area contributed by atoms with Crippen LogP contribution in [-0.4, -0.2) is 25.6 Å². The second-order valence-electron chi connectivity index (χ2n) is 5.29. The Morgan fingerprint density at radius 2 is 2.00 bits per heavy atom. The van der Waals surface area contributed by atoms with E-state index in [1.807, 2.05) is 11.8 Å². The number of hydrogen-bond donors (Lipinski definition) is 2. The van der Waals surface area contributed by atoms with E-state index < -0.39 is 0 Å². The molecule has 2 N–H and O–H groups in total. The van der Waals surface area contributed by atoms with E-state index in [0.717, 1.165) is 5.75 Å². The van der Waals surface area contributed by atoms with Crippen LogP contribution in [0.2, 0.25) is 0 Å². The Labute approximate surface area is 127 Å². The third-order valence-electron chi connectivity index (χ3n) is 3.68. The van der Waals surface area contributed by atoms with Crippen molar-refractivity contribution in [3.63, 3.8) is 0 Å². The predicted octanol–water partition coefficient (Wildman–Crippen LogP) is 3.71. The van der Waals surface area contributed by atoms with Crippen molar-refractivity contribution in [2.45, 2.75) is 43.1 Å². The van der Waals surface area contributed by atoms with Gasteiger partial charge in [-0.1, -0.05) is 24.4 Å². The van der Waals surface area contributed by atoms with Crippen molar-refractivity contribution in [1.82, 2.24) is 10.1 Å². The van der Waals surface area contributed by atoms with Crippen LogP contribution in [0.1, 0.15) is 37.9 Å². The summed E-state index contributed by atoms with van der Waals surface area (Å²) in [7, 11) is 0. The average Bonchev–Trinajstić information content (AvgIpc) is 2.95. The van der Waals surface area contributed by atoms with Crippen LogP contribution in [0.3, 0.4) is 0 Å². The minimum Gasteiger partial charge on any atom is -0.508 e. The van der Waals surface area contributed by atoms with Crippen molar-refractivity contribution in [1.29, 1.82) is 0 Å². The average molecular weight is 306 g/mol. The lowest BCUT2D eigenvalue weighted by Crippen LogP contribution is -2.08. The minimum atomic E-state index is -0.0647. The van der Waals surface area contributed by atoms with Crippen LogP contribution in [0, 0.1) is 0 Å². The van der Waals surface area contributed by atoms with E-state index >= 15 is 0 Å². The van der Waals surface area contributed by atoms with E-state index in [0.29, 0.717) is 16.6 Å². The third-order valence-corrected chi connectivity index (χ3v) is 5.05. The van der Waals surface area contributed by atoms with Crippen molar-refractivity contribution < 1.29 is 14.7 Å². The summed E-state index contributed by atoms with van der Waals surface area (Å²) >= 11 is 1.88. The molecule has 6 heteroatoms. The van der Waals surface area contributed by atoms with Gasteiger partial charge in [-0.05, 0) is 25.0 Å².